The molecule has 0 fully saturated rings. The van der Waals surface area contributed by atoms with Crippen molar-refractivity contribution >= 4 is 5.97 Å². The third-order valence-corrected chi connectivity index (χ3v) is 3.11. The highest BCUT2D eigenvalue weighted by molar-refractivity contribution is 5.94. The van der Waals surface area contributed by atoms with Gasteiger partial charge >= 0.3 is 5.97 Å². The van der Waals surface area contributed by atoms with Crippen molar-refractivity contribution < 1.29 is 14.3 Å². The Hall–Kier alpha value is -2.29. The topological polar surface area (TPSA) is 35.5 Å². The summed E-state index contributed by atoms with van der Waals surface area (Å²) in [7, 11) is 1.61. The van der Waals surface area contributed by atoms with Crippen molar-refractivity contribution in [2.45, 2.75) is 6.10 Å². The van der Waals surface area contributed by atoms with E-state index in [4.69, 9.17) is 9.47 Å². The predicted molar refractivity (Wildman–Crippen MR) is 66.7 cm³/mol. The molecule has 2 aromatic rings. The van der Waals surface area contributed by atoms with Crippen molar-refractivity contribution in [3.05, 3.63) is 65.2 Å². The molecule has 1 heterocycles. The zero-order chi connectivity index (χ0) is 12.5. The van der Waals surface area contributed by atoms with Gasteiger partial charge in [0, 0.05) is 11.1 Å². The number of rotatable bonds is 2. The lowest BCUT2D eigenvalue weighted by molar-refractivity contribution is 0.0452. The van der Waals surface area contributed by atoms with E-state index in [9.17, 15) is 4.79 Å². The van der Waals surface area contributed by atoms with Crippen molar-refractivity contribution in [2.24, 2.45) is 0 Å². The van der Waals surface area contributed by atoms with Crippen LogP contribution in [0.25, 0.3) is 0 Å². The Balaban J connectivity index is 2.12. The average Bonchev–Trinajstić information content (AvgIpc) is 2.77. The third-order valence-electron chi connectivity index (χ3n) is 3.11. The molecule has 0 aromatic heterocycles. The fourth-order valence-corrected chi connectivity index (χ4v) is 2.26. The number of ether oxygens (including phenoxy) is 2. The lowest BCUT2D eigenvalue weighted by atomic mass is 9.99. The molecule has 3 rings (SSSR count). The third kappa shape index (κ3) is 1.56. The van der Waals surface area contributed by atoms with Gasteiger partial charge in [-0.1, -0.05) is 36.4 Å². The highest BCUT2D eigenvalue weighted by Crippen LogP contribution is 2.39. The van der Waals surface area contributed by atoms with Gasteiger partial charge in [-0.25, -0.2) is 4.79 Å². The summed E-state index contributed by atoms with van der Waals surface area (Å²) >= 11 is 0. The fourth-order valence-electron chi connectivity index (χ4n) is 2.26. The van der Waals surface area contributed by atoms with Crippen LogP contribution in [0.15, 0.2) is 48.5 Å². The first-order valence-electron chi connectivity index (χ1n) is 5.74. The summed E-state index contributed by atoms with van der Waals surface area (Å²) in [5.41, 5.74) is 2.40. The molecule has 3 nitrogen and oxygen atoms in total. The normalized spacial score (nSPS) is 17.2. The van der Waals surface area contributed by atoms with E-state index in [1.807, 2.05) is 42.5 Å². The Kier molecular flexibility index (Phi) is 2.52. The lowest BCUT2D eigenvalue weighted by Gasteiger charge is -2.14. The molecular weight excluding hydrogens is 228 g/mol. The molecule has 0 saturated carbocycles. The first kappa shape index (κ1) is 10.8. The molecule has 0 amide bonds. The SMILES string of the molecule is COc1ccccc1[C@@H]1OC(=O)c2ccccc21. The molecule has 0 spiro atoms. The average molecular weight is 240 g/mol. The smallest absolute Gasteiger partial charge is 0.339 e. The van der Waals surface area contributed by atoms with Crippen LogP contribution in [0.4, 0.5) is 0 Å². The van der Waals surface area contributed by atoms with E-state index >= 15 is 0 Å². The molecule has 0 N–H and O–H groups in total. The minimum atomic E-state index is -0.371. The Labute approximate surface area is 105 Å². The number of hydrogen-bond donors (Lipinski definition) is 0. The van der Waals surface area contributed by atoms with Crippen molar-refractivity contribution in [1.29, 1.82) is 0 Å². The van der Waals surface area contributed by atoms with Crippen LogP contribution in [0.3, 0.4) is 0 Å². The highest BCUT2D eigenvalue weighted by atomic mass is 16.6. The van der Waals surface area contributed by atoms with Crippen LogP contribution < -0.4 is 4.74 Å². The van der Waals surface area contributed by atoms with E-state index in [2.05, 4.69) is 0 Å². The number of cyclic esters (lactones) is 1. The van der Waals surface area contributed by atoms with Crippen LogP contribution in [-0.2, 0) is 4.74 Å². The van der Waals surface area contributed by atoms with E-state index < -0.39 is 0 Å². The number of para-hydroxylation sites is 1. The fraction of sp³-hybridized carbons (Fsp3) is 0.133. The number of benzene rings is 2. The number of hydrogen-bond acceptors (Lipinski definition) is 3. The highest BCUT2D eigenvalue weighted by Gasteiger charge is 2.33. The quantitative estimate of drug-likeness (QED) is 0.757. The van der Waals surface area contributed by atoms with Gasteiger partial charge in [-0.05, 0) is 12.1 Å². The van der Waals surface area contributed by atoms with Gasteiger partial charge in [0.2, 0.25) is 0 Å². The second kappa shape index (κ2) is 4.18. The summed E-state index contributed by atoms with van der Waals surface area (Å²) in [6.07, 6.45) is -0.371. The van der Waals surface area contributed by atoms with Gasteiger partial charge in [-0.3, -0.25) is 0 Å². The minimum absolute atomic E-state index is 0.276. The summed E-state index contributed by atoms with van der Waals surface area (Å²) in [5.74, 6) is 0.452. The van der Waals surface area contributed by atoms with Gasteiger partial charge in [0.15, 0.2) is 6.10 Å². The molecule has 0 aliphatic carbocycles. The molecule has 0 saturated heterocycles. The van der Waals surface area contributed by atoms with E-state index in [-0.39, 0.29) is 12.1 Å². The maximum atomic E-state index is 11.8. The lowest BCUT2D eigenvalue weighted by Crippen LogP contribution is -2.02. The van der Waals surface area contributed by atoms with Gasteiger partial charge < -0.3 is 9.47 Å². The van der Waals surface area contributed by atoms with Crippen LogP contribution >= 0.6 is 0 Å². The maximum absolute atomic E-state index is 11.8. The molecule has 0 bridgehead atoms. The molecule has 0 unspecified atom stereocenters. The zero-order valence-corrected chi connectivity index (χ0v) is 9.92. The standard InChI is InChI=1S/C15H12O3/c1-17-13-9-5-4-8-12(13)14-10-6-2-3-7-11(10)15(16)18-14/h2-9,14H,1H3/t14-/m1/s1. The van der Waals surface area contributed by atoms with Gasteiger partial charge in [0.1, 0.15) is 5.75 Å². The first-order valence-corrected chi connectivity index (χ1v) is 5.74. The van der Waals surface area contributed by atoms with Gasteiger partial charge in [0.25, 0.3) is 0 Å². The molecular formula is C15H12O3. The molecule has 1 aliphatic heterocycles. The van der Waals surface area contributed by atoms with Gasteiger partial charge in [0.05, 0.1) is 12.7 Å². The Morgan fingerprint density at radius 2 is 1.67 bits per heavy atom. The number of carbonyl (C=O) groups excluding carboxylic acids is 1. The Morgan fingerprint density at radius 1 is 1.00 bits per heavy atom. The molecule has 1 atom stereocenters. The number of carbonyl (C=O) groups is 1. The monoisotopic (exact) mass is 240 g/mol. The van der Waals surface area contributed by atoms with Crippen LogP contribution in [-0.4, -0.2) is 13.1 Å². The molecule has 90 valence electrons. The second-order valence-corrected chi connectivity index (χ2v) is 4.11. The molecule has 3 heteroatoms. The predicted octanol–water partition coefficient (Wildman–Crippen LogP) is 2.96. The van der Waals surface area contributed by atoms with E-state index in [1.54, 1.807) is 13.2 Å². The number of methoxy groups -OCH3 is 1. The molecule has 1 aliphatic rings. The van der Waals surface area contributed by atoms with Crippen LogP contribution in [0.1, 0.15) is 27.6 Å². The zero-order valence-electron chi connectivity index (χ0n) is 9.92. The summed E-state index contributed by atoms with van der Waals surface area (Å²) < 4.78 is 10.8. The second-order valence-electron chi connectivity index (χ2n) is 4.11. The van der Waals surface area contributed by atoms with Crippen LogP contribution in [0.2, 0.25) is 0 Å². The van der Waals surface area contributed by atoms with Crippen molar-refractivity contribution in [2.75, 3.05) is 7.11 Å². The number of fused-ring (bicyclic) bond motifs is 1. The van der Waals surface area contributed by atoms with Gasteiger partial charge in [-0.15, -0.1) is 0 Å². The Morgan fingerprint density at radius 3 is 2.44 bits per heavy atom. The minimum Gasteiger partial charge on any atom is -0.496 e. The van der Waals surface area contributed by atoms with Crippen molar-refractivity contribution in [1.82, 2.24) is 0 Å². The Bertz CT molecular complexity index is 604. The molecule has 0 radical (unpaired) electrons. The summed E-state index contributed by atoms with van der Waals surface area (Å²) in [4.78, 5) is 11.8. The summed E-state index contributed by atoms with van der Waals surface area (Å²) in [5, 5.41) is 0. The van der Waals surface area contributed by atoms with Crippen molar-refractivity contribution in [3.63, 3.8) is 0 Å². The van der Waals surface area contributed by atoms with Gasteiger partial charge in [-0.2, -0.15) is 0 Å². The van der Waals surface area contributed by atoms with Crippen LogP contribution in [0.5, 0.6) is 5.75 Å². The maximum Gasteiger partial charge on any atom is 0.339 e. The number of esters is 1. The largest absolute Gasteiger partial charge is 0.496 e. The van der Waals surface area contributed by atoms with E-state index in [1.165, 1.54) is 0 Å². The summed E-state index contributed by atoms with van der Waals surface area (Å²) in [6, 6.07) is 15.0. The first-order chi connectivity index (χ1) is 8.81. The van der Waals surface area contributed by atoms with E-state index in [0.29, 0.717) is 5.56 Å². The van der Waals surface area contributed by atoms with Crippen LogP contribution in [0, 0.1) is 0 Å². The molecule has 2 aromatic carbocycles. The van der Waals surface area contributed by atoms with Crippen molar-refractivity contribution in [3.8, 4) is 5.75 Å². The summed E-state index contributed by atoms with van der Waals surface area (Å²) in [6.45, 7) is 0. The molecule has 18 heavy (non-hydrogen) atoms. The van der Waals surface area contributed by atoms with E-state index in [0.717, 1.165) is 16.9 Å².